The second-order valence-corrected chi connectivity index (χ2v) is 3.77. The van der Waals surface area contributed by atoms with Gasteiger partial charge in [0.2, 0.25) is 0 Å². The number of aldehydes is 1. The van der Waals surface area contributed by atoms with E-state index in [2.05, 4.69) is 0 Å². The van der Waals surface area contributed by atoms with Gasteiger partial charge in [-0.25, -0.2) is 0 Å². The minimum absolute atomic E-state index is 0.0154. The molecule has 0 saturated heterocycles. The van der Waals surface area contributed by atoms with Gasteiger partial charge in [0, 0.05) is 17.5 Å². The van der Waals surface area contributed by atoms with Crippen molar-refractivity contribution in [2.24, 2.45) is 0 Å². The number of rotatable bonds is 4. The Labute approximate surface area is 99.9 Å². The molecule has 2 heteroatoms. The largest absolute Gasteiger partial charge is 0.303 e. The van der Waals surface area contributed by atoms with Crippen molar-refractivity contribution in [3.63, 3.8) is 0 Å². The zero-order valence-electron chi connectivity index (χ0n) is 9.30. The van der Waals surface area contributed by atoms with Crippen molar-refractivity contribution in [1.82, 2.24) is 0 Å². The average molecular weight is 224 g/mol. The third kappa shape index (κ3) is 2.67. The van der Waals surface area contributed by atoms with Crippen LogP contribution in [0.1, 0.15) is 21.5 Å². The van der Waals surface area contributed by atoms with Gasteiger partial charge in [0.25, 0.3) is 0 Å². The van der Waals surface area contributed by atoms with E-state index in [1.54, 1.807) is 30.3 Å². The van der Waals surface area contributed by atoms with Gasteiger partial charge < -0.3 is 4.79 Å². The first-order valence-corrected chi connectivity index (χ1v) is 5.43. The maximum atomic E-state index is 12.1. The topological polar surface area (TPSA) is 34.1 Å². The van der Waals surface area contributed by atoms with Gasteiger partial charge in [-0.1, -0.05) is 48.5 Å². The van der Waals surface area contributed by atoms with E-state index in [0.29, 0.717) is 17.5 Å². The number of carbonyl (C=O) groups excluding carboxylic acids is 2. The van der Waals surface area contributed by atoms with Crippen LogP contribution >= 0.6 is 0 Å². The summed E-state index contributed by atoms with van der Waals surface area (Å²) in [6.07, 6.45) is 1.18. The highest BCUT2D eigenvalue weighted by Gasteiger charge is 2.08. The molecule has 84 valence electrons. The van der Waals surface area contributed by atoms with Crippen molar-refractivity contribution in [2.45, 2.75) is 6.42 Å². The molecule has 0 bridgehead atoms. The second kappa shape index (κ2) is 5.21. The van der Waals surface area contributed by atoms with E-state index in [9.17, 15) is 9.59 Å². The summed E-state index contributed by atoms with van der Waals surface area (Å²) in [5.74, 6) is -0.0154. The fraction of sp³-hybridized carbons (Fsp3) is 0.0667. The van der Waals surface area contributed by atoms with Crippen molar-refractivity contribution < 1.29 is 9.59 Å². The first-order valence-electron chi connectivity index (χ1n) is 5.43. The van der Waals surface area contributed by atoms with Gasteiger partial charge in [-0.3, -0.25) is 4.79 Å². The van der Waals surface area contributed by atoms with Gasteiger partial charge in [0.1, 0.15) is 6.29 Å². The standard InChI is InChI=1S/C15H12O2/c16-10-9-12-5-4-8-14(11-12)15(17)13-6-2-1-3-7-13/h1-8,10-11H,9H2. The van der Waals surface area contributed by atoms with Crippen LogP contribution in [0, 0.1) is 0 Å². The van der Waals surface area contributed by atoms with Crippen molar-refractivity contribution in [2.75, 3.05) is 0 Å². The molecule has 0 atom stereocenters. The molecular formula is C15H12O2. The molecule has 0 amide bonds. The number of ketones is 1. The zero-order valence-corrected chi connectivity index (χ0v) is 9.30. The van der Waals surface area contributed by atoms with E-state index in [-0.39, 0.29) is 5.78 Å². The van der Waals surface area contributed by atoms with Gasteiger partial charge >= 0.3 is 0 Å². The Morgan fingerprint density at radius 2 is 1.65 bits per heavy atom. The molecule has 0 spiro atoms. The van der Waals surface area contributed by atoms with Gasteiger partial charge in [-0.05, 0) is 11.6 Å². The molecule has 2 aromatic rings. The van der Waals surface area contributed by atoms with E-state index in [0.717, 1.165) is 11.8 Å². The fourth-order valence-electron chi connectivity index (χ4n) is 1.69. The second-order valence-electron chi connectivity index (χ2n) is 3.77. The molecule has 2 aromatic carbocycles. The highest BCUT2D eigenvalue weighted by Crippen LogP contribution is 2.11. The van der Waals surface area contributed by atoms with Crippen molar-refractivity contribution in [3.05, 3.63) is 71.3 Å². The molecule has 0 radical (unpaired) electrons. The summed E-state index contributed by atoms with van der Waals surface area (Å²) in [5, 5.41) is 0. The van der Waals surface area contributed by atoms with Gasteiger partial charge in [0.15, 0.2) is 5.78 Å². The highest BCUT2D eigenvalue weighted by molar-refractivity contribution is 6.09. The van der Waals surface area contributed by atoms with Crippen LogP contribution in [0.3, 0.4) is 0 Å². The Morgan fingerprint density at radius 1 is 0.941 bits per heavy atom. The van der Waals surface area contributed by atoms with Crippen LogP contribution in [0.2, 0.25) is 0 Å². The monoisotopic (exact) mass is 224 g/mol. The lowest BCUT2D eigenvalue weighted by atomic mass is 10.0. The van der Waals surface area contributed by atoms with Gasteiger partial charge in [-0.2, -0.15) is 0 Å². The third-order valence-corrected chi connectivity index (χ3v) is 2.54. The van der Waals surface area contributed by atoms with Crippen molar-refractivity contribution in [3.8, 4) is 0 Å². The Hall–Kier alpha value is -2.22. The quantitative estimate of drug-likeness (QED) is 0.591. The summed E-state index contributed by atoms with van der Waals surface area (Å²) < 4.78 is 0. The molecule has 0 aliphatic heterocycles. The fourth-order valence-corrected chi connectivity index (χ4v) is 1.69. The van der Waals surface area contributed by atoms with E-state index in [1.165, 1.54) is 0 Å². The lowest BCUT2D eigenvalue weighted by molar-refractivity contribution is -0.107. The average Bonchev–Trinajstić information content (AvgIpc) is 2.40. The zero-order chi connectivity index (χ0) is 12.1. The van der Waals surface area contributed by atoms with E-state index < -0.39 is 0 Å². The molecule has 0 saturated carbocycles. The lowest BCUT2D eigenvalue weighted by Crippen LogP contribution is -2.01. The predicted octanol–water partition coefficient (Wildman–Crippen LogP) is 2.66. The first-order chi connectivity index (χ1) is 8.31. The summed E-state index contributed by atoms with van der Waals surface area (Å²) in [5.41, 5.74) is 2.15. The van der Waals surface area contributed by atoms with Gasteiger partial charge in [0.05, 0.1) is 0 Å². The smallest absolute Gasteiger partial charge is 0.193 e. The van der Waals surface area contributed by atoms with E-state index in [1.807, 2.05) is 24.3 Å². The third-order valence-electron chi connectivity index (χ3n) is 2.54. The molecule has 0 heterocycles. The Bertz CT molecular complexity index is 530. The van der Waals surface area contributed by atoms with Crippen molar-refractivity contribution >= 4 is 12.1 Å². The number of benzene rings is 2. The predicted molar refractivity (Wildman–Crippen MR) is 66.1 cm³/mol. The minimum atomic E-state index is -0.0154. The van der Waals surface area contributed by atoms with Gasteiger partial charge in [-0.15, -0.1) is 0 Å². The molecule has 2 nitrogen and oxygen atoms in total. The van der Waals surface area contributed by atoms with Crippen molar-refractivity contribution in [1.29, 1.82) is 0 Å². The Balaban J connectivity index is 2.31. The summed E-state index contributed by atoms with van der Waals surface area (Å²) in [6.45, 7) is 0. The number of carbonyl (C=O) groups is 2. The summed E-state index contributed by atoms with van der Waals surface area (Å²) in [7, 11) is 0. The SMILES string of the molecule is O=CCc1cccc(C(=O)c2ccccc2)c1. The van der Waals surface area contributed by atoms with Crippen LogP contribution in [-0.2, 0) is 11.2 Å². The lowest BCUT2D eigenvalue weighted by Gasteiger charge is -2.02. The molecule has 0 aromatic heterocycles. The van der Waals surface area contributed by atoms with Crippen LogP contribution in [0.5, 0.6) is 0 Å². The van der Waals surface area contributed by atoms with Crippen LogP contribution in [0.25, 0.3) is 0 Å². The number of hydrogen-bond donors (Lipinski definition) is 0. The molecular weight excluding hydrogens is 212 g/mol. The summed E-state index contributed by atoms with van der Waals surface area (Å²) in [4.78, 5) is 22.6. The minimum Gasteiger partial charge on any atom is -0.303 e. The summed E-state index contributed by atoms with van der Waals surface area (Å²) in [6, 6.07) is 16.3. The van der Waals surface area contributed by atoms with E-state index >= 15 is 0 Å². The summed E-state index contributed by atoms with van der Waals surface area (Å²) >= 11 is 0. The van der Waals surface area contributed by atoms with Crippen LogP contribution in [0.4, 0.5) is 0 Å². The Kier molecular flexibility index (Phi) is 3.46. The van der Waals surface area contributed by atoms with Crippen LogP contribution in [0.15, 0.2) is 54.6 Å². The maximum absolute atomic E-state index is 12.1. The molecule has 17 heavy (non-hydrogen) atoms. The first kappa shape index (κ1) is 11.3. The molecule has 0 aliphatic rings. The molecule has 0 unspecified atom stereocenters. The molecule has 0 fully saturated rings. The van der Waals surface area contributed by atoms with Crippen LogP contribution < -0.4 is 0 Å². The highest BCUT2D eigenvalue weighted by atomic mass is 16.1. The Morgan fingerprint density at radius 3 is 2.35 bits per heavy atom. The van der Waals surface area contributed by atoms with E-state index in [4.69, 9.17) is 0 Å². The molecule has 0 aliphatic carbocycles. The normalized spacial score (nSPS) is 9.88. The number of hydrogen-bond acceptors (Lipinski definition) is 2. The molecule has 2 rings (SSSR count). The maximum Gasteiger partial charge on any atom is 0.193 e. The molecule has 0 N–H and O–H groups in total. The van der Waals surface area contributed by atoms with Crippen LogP contribution in [-0.4, -0.2) is 12.1 Å².